The molecular weight excluding hydrogens is 376 g/mol. The lowest BCUT2D eigenvalue weighted by atomic mass is 10.0. The number of rotatable bonds is 3. The zero-order chi connectivity index (χ0) is 21.1. The number of nitrogens with zero attached hydrogens (tertiary/aromatic N) is 1. The second kappa shape index (κ2) is 8.21. The van der Waals surface area contributed by atoms with Crippen molar-refractivity contribution in [3.63, 3.8) is 0 Å². The van der Waals surface area contributed by atoms with Crippen LogP contribution in [0.25, 0.3) is 0 Å². The van der Waals surface area contributed by atoms with Crippen LogP contribution in [0.5, 0.6) is 0 Å². The maximum atomic E-state index is 12.8. The second-order valence-corrected chi connectivity index (χ2v) is 7.15. The molecule has 0 radical (unpaired) electrons. The Labute approximate surface area is 175 Å². The first-order chi connectivity index (χ1) is 14.5. The molecule has 0 fully saturated rings. The van der Waals surface area contributed by atoms with Crippen molar-refractivity contribution in [2.75, 3.05) is 10.6 Å². The van der Waals surface area contributed by atoms with Crippen LogP contribution < -0.4 is 16.0 Å². The number of aliphatic imine (C=N–C) groups is 1. The Morgan fingerprint density at radius 3 is 2.30 bits per heavy atom. The van der Waals surface area contributed by atoms with Crippen LogP contribution in [0.15, 0.2) is 77.8 Å². The first kappa shape index (κ1) is 19.4. The van der Waals surface area contributed by atoms with E-state index < -0.39 is 18.1 Å². The van der Waals surface area contributed by atoms with Crippen molar-refractivity contribution >= 4 is 29.0 Å². The molecule has 3 amide bonds. The summed E-state index contributed by atoms with van der Waals surface area (Å²) in [7, 11) is 0. The molecule has 1 aliphatic rings. The number of benzene rings is 3. The summed E-state index contributed by atoms with van der Waals surface area (Å²) in [6.45, 7) is 3.84. The number of carbonyl (C=O) groups is 2. The van der Waals surface area contributed by atoms with E-state index in [0.29, 0.717) is 11.4 Å². The highest BCUT2D eigenvalue weighted by Crippen LogP contribution is 2.24. The lowest BCUT2D eigenvalue weighted by Crippen LogP contribution is -2.44. The van der Waals surface area contributed by atoms with E-state index in [-0.39, 0.29) is 0 Å². The highest BCUT2D eigenvalue weighted by Gasteiger charge is 2.27. The number of amides is 3. The van der Waals surface area contributed by atoms with Gasteiger partial charge in [-0.25, -0.2) is 9.79 Å². The molecule has 0 saturated heterocycles. The van der Waals surface area contributed by atoms with E-state index >= 15 is 0 Å². The zero-order valence-electron chi connectivity index (χ0n) is 16.8. The molecule has 0 bridgehead atoms. The minimum Gasteiger partial charge on any atom is -0.322 e. The summed E-state index contributed by atoms with van der Waals surface area (Å²) < 4.78 is 0. The van der Waals surface area contributed by atoms with Crippen LogP contribution in [0.1, 0.15) is 22.3 Å². The van der Waals surface area contributed by atoms with Gasteiger partial charge in [-0.1, -0.05) is 66.7 Å². The maximum absolute atomic E-state index is 12.8. The number of urea groups is 1. The summed E-state index contributed by atoms with van der Waals surface area (Å²) in [6.07, 6.45) is -1.07. The number of carbonyl (C=O) groups excluding carboxylic acids is 2. The van der Waals surface area contributed by atoms with Crippen molar-refractivity contribution in [1.82, 2.24) is 5.32 Å². The fourth-order valence-electron chi connectivity index (χ4n) is 3.47. The topological polar surface area (TPSA) is 82.6 Å². The predicted molar refractivity (Wildman–Crippen MR) is 119 cm³/mol. The lowest BCUT2D eigenvalue weighted by Gasteiger charge is -2.16. The van der Waals surface area contributed by atoms with Crippen molar-refractivity contribution in [2.45, 2.75) is 20.0 Å². The van der Waals surface area contributed by atoms with Crippen molar-refractivity contribution in [1.29, 1.82) is 0 Å². The fraction of sp³-hybridized carbons (Fsp3) is 0.125. The van der Waals surface area contributed by atoms with E-state index in [1.165, 1.54) is 0 Å². The molecule has 0 spiro atoms. The lowest BCUT2D eigenvalue weighted by molar-refractivity contribution is -0.117. The number of hydrogen-bond donors (Lipinski definition) is 3. The van der Waals surface area contributed by atoms with Gasteiger partial charge < -0.3 is 16.0 Å². The Morgan fingerprint density at radius 2 is 1.57 bits per heavy atom. The van der Waals surface area contributed by atoms with Gasteiger partial charge in [-0.3, -0.25) is 4.79 Å². The van der Waals surface area contributed by atoms with Gasteiger partial charge in [-0.2, -0.15) is 0 Å². The largest absolute Gasteiger partial charge is 0.322 e. The number of para-hydroxylation sites is 2. The first-order valence-electron chi connectivity index (χ1n) is 9.70. The molecule has 6 nitrogen and oxygen atoms in total. The van der Waals surface area contributed by atoms with Gasteiger partial charge in [-0.15, -0.1) is 0 Å². The summed E-state index contributed by atoms with van der Waals surface area (Å²) in [4.78, 5) is 30.1. The molecule has 1 heterocycles. The van der Waals surface area contributed by atoms with Crippen LogP contribution >= 0.6 is 0 Å². The molecule has 3 N–H and O–H groups in total. The highest BCUT2D eigenvalue weighted by molar-refractivity contribution is 6.19. The number of aryl methyl sites for hydroxylation is 2. The average molecular weight is 398 g/mol. The smallest absolute Gasteiger partial charge is 0.321 e. The van der Waals surface area contributed by atoms with Crippen LogP contribution in [0.4, 0.5) is 16.2 Å². The van der Waals surface area contributed by atoms with Gasteiger partial charge in [0.1, 0.15) is 0 Å². The summed E-state index contributed by atoms with van der Waals surface area (Å²) >= 11 is 0. The molecule has 0 aliphatic carbocycles. The van der Waals surface area contributed by atoms with Gasteiger partial charge >= 0.3 is 6.03 Å². The summed E-state index contributed by atoms with van der Waals surface area (Å²) in [6, 6.07) is 22.4. The third-order valence-electron chi connectivity index (χ3n) is 4.98. The normalized spacial score (nSPS) is 15.3. The minimum absolute atomic E-state index is 0.398. The van der Waals surface area contributed by atoms with Gasteiger partial charge in [0.05, 0.1) is 11.4 Å². The fourth-order valence-corrected chi connectivity index (χ4v) is 3.47. The standard InChI is InChI=1S/C24H22N4O2/c1-15-9-8-10-16(2)20(15)27-24(30)28-22-23(29)25-19-14-7-6-13-18(19)21(26-22)17-11-4-3-5-12-17/h3-14,22H,1-2H3,(H,25,29)(H2,27,28,30). The first-order valence-corrected chi connectivity index (χ1v) is 9.70. The molecule has 150 valence electrons. The summed E-state index contributed by atoms with van der Waals surface area (Å²) in [5.41, 5.74) is 5.57. The van der Waals surface area contributed by atoms with Crippen molar-refractivity contribution in [2.24, 2.45) is 4.99 Å². The van der Waals surface area contributed by atoms with Crippen LogP contribution in [0.3, 0.4) is 0 Å². The molecule has 3 aromatic carbocycles. The molecule has 1 unspecified atom stereocenters. The number of nitrogens with one attached hydrogen (secondary N) is 3. The maximum Gasteiger partial charge on any atom is 0.321 e. The van der Waals surface area contributed by atoms with Crippen molar-refractivity contribution in [3.8, 4) is 0 Å². The minimum atomic E-state index is -1.07. The van der Waals surface area contributed by atoms with Crippen molar-refractivity contribution in [3.05, 3.63) is 95.1 Å². The van der Waals surface area contributed by atoms with Crippen LogP contribution in [-0.2, 0) is 4.79 Å². The number of hydrogen-bond acceptors (Lipinski definition) is 3. The summed E-state index contributed by atoms with van der Waals surface area (Å²) in [5, 5.41) is 8.41. The van der Waals surface area contributed by atoms with E-state index in [0.717, 1.165) is 27.9 Å². The molecule has 0 saturated carbocycles. The number of anilines is 2. The third kappa shape index (κ3) is 3.93. The molecule has 0 aromatic heterocycles. The van der Waals surface area contributed by atoms with Crippen LogP contribution in [-0.4, -0.2) is 23.8 Å². The van der Waals surface area contributed by atoms with Crippen LogP contribution in [0.2, 0.25) is 0 Å². The molecule has 6 heteroatoms. The molecule has 30 heavy (non-hydrogen) atoms. The Kier molecular flexibility index (Phi) is 5.30. The molecule has 1 atom stereocenters. The van der Waals surface area contributed by atoms with Crippen LogP contribution in [0, 0.1) is 13.8 Å². The second-order valence-electron chi connectivity index (χ2n) is 7.15. The highest BCUT2D eigenvalue weighted by atomic mass is 16.2. The number of fused-ring (bicyclic) bond motifs is 1. The molecule has 3 aromatic rings. The van der Waals surface area contributed by atoms with Crippen molar-refractivity contribution < 1.29 is 9.59 Å². The zero-order valence-corrected chi connectivity index (χ0v) is 16.8. The Hall–Kier alpha value is -3.93. The average Bonchev–Trinajstić information content (AvgIpc) is 2.88. The van der Waals surface area contributed by atoms with Gasteiger partial charge in [-0.05, 0) is 31.0 Å². The summed E-state index contributed by atoms with van der Waals surface area (Å²) in [5.74, 6) is -0.398. The predicted octanol–water partition coefficient (Wildman–Crippen LogP) is 4.24. The molecule has 1 aliphatic heterocycles. The van der Waals surface area contributed by atoms with E-state index in [1.807, 2.05) is 86.6 Å². The monoisotopic (exact) mass is 398 g/mol. The molecule has 4 rings (SSSR count). The van der Waals surface area contributed by atoms with Gasteiger partial charge in [0.15, 0.2) is 0 Å². The Bertz CT molecular complexity index is 1120. The molecular formula is C24H22N4O2. The third-order valence-corrected chi connectivity index (χ3v) is 4.98. The van der Waals surface area contributed by atoms with Gasteiger partial charge in [0.2, 0.25) is 6.17 Å². The Balaban J connectivity index is 1.66. The van der Waals surface area contributed by atoms with E-state index in [4.69, 9.17) is 0 Å². The van der Waals surface area contributed by atoms with E-state index in [1.54, 1.807) is 0 Å². The Morgan fingerprint density at radius 1 is 0.900 bits per heavy atom. The van der Waals surface area contributed by atoms with Gasteiger partial charge in [0, 0.05) is 16.8 Å². The van der Waals surface area contributed by atoms with E-state index in [9.17, 15) is 9.59 Å². The van der Waals surface area contributed by atoms with E-state index in [2.05, 4.69) is 20.9 Å². The SMILES string of the molecule is Cc1cccc(C)c1NC(=O)NC1N=C(c2ccccc2)c2ccccc2NC1=O. The quantitative estimate of drug-likeness (QED) is 0.617. The number of benzodiazepines with no additional fused rings is 1. The van der Waals surface area contributed by atoms with Gasteiger partial charge in [0.25, 0.3) is 5.91 Å².